The Bertz CT molecular complexity index is 749. The van der Waals surface area contributed by atoms with Gasteiger partial charge in [0.15, 0.2) is 0 Å². The van der Waals surface area contributed by atoms with Crippen LogP contribution in [0.4, 0.5) is 5.69 Å². The van der Waals surface area contributed by atoms with E-state index >= 15 is 0 Å². The predicted octanol–water partition coefficient (Wildman–Crippen LogP) is 1.72. The highest BCUT2D eigenvalue weighted by atomic mass is 16.5. The van der Waals surface area contributed by atoms with Crippen LogP contribution in [0.15, 0.2) is 41.3 Å². The minimum Gasteiger partial charge on any atom is -0.465 e. The topological polar surface area (TPSA) is 88.3 Å². The van der Waals surface area contributed by atoms with Crippen LogP contribution in [0, 0.1) is 6.92 Å². The zero-order valence-corrected chi connectivity index (χ0v) is 11.6. The van der Waals surface area contributed by atoms with E-state index in [0.29, 0.717) is 11.3 Å². The second-order valence-corrected chi connectivity index (χ2v) is 4.42. The molecule has 0 bridgehead atoms. The SMILES string of the molecule is COC(=O)c1ccc(NC(=O)c2cc[nH]c(=O)c2)c(C)c1. The van der Waals surface area contributed by atoms with Crippen molar-refractivity contribution in [3.63, 3.8) is 0 Å². The summed E-state index contributed by atoms with van der Waals surface area (Å²) in [6.45, 7) is 1.76. The van der Waals surface area contributed by atoms with E-state index in [1.165, 1.54) is 25.4 Å². The van der Waals surface area contributed by atoms with Gasteiger partial charge >= 0.3 is 5.97 Å². The number of esters is 1. The van der Waals surface area contributed by atoms with Gasteiger partial charge in [-0.05, 0) is 36.8 Å². The first-order valence-corrected chi connectivity index (χ1v) is 6.20. The summed E-state index contributed by atoms with van der Waals surface area (Å²) in [5.74, 6) is -0.833. The van der Waals surface area contributed by atoms with Crippen molar-refractivity contribution in [3.05, 3.63) is 63.6 Å². The highest BCUT2D eigenvalue weighted by molar-refractivity contribution is 6.04. The molecule has 1 heterocycles. The quantitative estimate of drug-likeness (QED) is 0.841. The molecule has 21 heavy (non-hydrogen) atoms. The van der Waals surface area contributed by atoms with Gasteiger partial charge in [-0.15, -0.1) is 0 Å². The number of methoxy groups -OCH3 is 1. The van der Waals surface area contributed by atoms with Gasteiger partial charge < -0.3 is 15.0 Å². The lowest BCUT2D eigenvalue weighted by Gasteiger charge is -2.09. The Labute approximate surface area is 120 Å². The van der Waals surface area contributed by atoms with Crippen LogP contribution in [0.5, 0.6) is 0 Å². The Kier molecular flexibility index (Phi) is 4.18. The van der Waals surface area contributed by atoms with E-state index in [2.05, 4.69) is 15.0 Å². The van der Waals surface area contributed by atoms with Gasteiger partial charge in [0, 0.05) is 23.5 Å². The highest BCUT2D eigenvalue weighted by Gasteiger charge is 2.11. The lowest BCUT2D eigenvalue weighted by molar-refractivity contribution is 0.0600. The molecule has 1 aromatic heterocycles. The minimum atomic E-state index is -0.439. The van der Waals surface area contributed by atoms with Crippen molar-refractivity contribution in [1.82, 2.24) is 4.98 Å². The molecule has 6 nitrogen and oxygen atoms in total. The number of H-pyrrole nitrogens is 1. The van der Waals surface area contributed by atoms with Crippen LogP contribution in [0.2, 0.25) is 0 Å². The fourth-order valence-electron chi connectivity index (χ4n) is 1.83. The van der Waals surface area contributed by atoms with Crippen LogP contribution in [0.3, 0.4) is 0 Å². The lowest BCUT2D eigenvalue weighted by atomic mass is 10.1. The van der Waals surface area contributed by atoms with Crippen LogP contribution in [0.1, 0.15) is 26.3 Å². The van der Waals surface area contributed by atoms with Gasteiger partial charge in [-0.25, -0.2) is 4.79 Å². The number of amides is 1. The van der Waals surface area contributed by atoms with Gasteiger partial charge in [-0.2, -0.15) is 0 Å². The molecule has 6 heteroatoms. The summed E-state index contributed by atoms with van der Waals surface area (Å²) < 4.78 is 4.63. The number of hydrogen-bond donors (Lipinski definition) is 2. The number of ether oxygens (including phenoxy) is 1. The molecule has 2 aromatic rings. The van der Waals surface area contributed by atoms with Crippen molar-refractivity contribution in [2.75, 3.05) is 12.4 Å². The fraction of sp³-hybridized carbons (Fsp3) is 0.133. The number of rotatable bonds is 3. The molecule has 0 fully saturated rings. The third kappa shape index (κ3) is 3.36. The van der Waals surface area contributed by atoms with Crippen molar-refractivity contribution < 1.29 is 14.3 Å². The second kappa shape index (κ2) is 6.04. The van der Waals surface area contributed by atoms with Crippen LogP contribution >= 0.6 is 0 Å². The molecule has 0 radical (unpaired) electrons. The fourth-order valence-corrected chi connectivity index (χ4v) is 1.83. The van der Waals surface area contributed by atoms with Crippen LogP contribution in [0.25, 0.3) is 0 Å². The summed E-state index contributed by atoms with van der Waals surface area (Å²) in [6, 6.07) is 7.53. The molecule has 1 aromatic carbocycles. The van der Waals surface area contributed by atoms with Crippen molar-refractivity contribution in [2.24, 2.45) is 0 Å². The van der Waals surface area contributed by atoms with E-state index in [-0.39, 0.29) is 11.1 Å². The Morgan fingerprint density at radius 3 is 2.52 bits per heavy atom. The van der Waals surface area contributed by atoms with Crippen LogP contribution in [-0.4, -0.2) is 24.0 Å². The van der Waals surface area contributed by atoms with Crippen LogP contribution in [-0.2, 0) is 4.74 Å². The smallest absolute Gasteiger partial charge is 0.337 e. The third-order valence-corrected chi connectivity index (χ3v) is 2.93. The second-order valence-electron chi connectivity index (χ2n) is 4.42. The van der Waals surface area contributed by atoms with Gasteiger partial charge in [-0.3, -0.25) is 9.59 Å². The van der Waals surface area contributed by atoms with E-state index in [1.807, 2.05) is 0 Å². The monoisotopic (exact) mass is 286 g/mol. The van der Waals surface area contributed by atoms with Crippen LogP contribution < -0.4 is 10.9 Å². The number of hydrogen-bond acceptors (Lipinski definition) is 4. The molecule has 0 aliphatic carbocycles. The zero-order valence-electron chi connectivity index (χ0n) is 11.6. The molecule has 2 N–H and O–H groups in total. The molecule has 108 valence electrons. The standard InChI is InChI=1S/C15H14N2O4/c1-9-7-11(15(20)21-2)3-4-12(9)17-14(19)10-5-6-16-13(18)8-10/h3-8H,1-2H3,(H,16,18)(H,17,19). The normalized spacial score (nSPS) is 10.0. The Morgan fingerprint density at radius 2 is 1.90 bits per heavy atom. The van der Waals surface area contributed by atoms with Gasteiger partial charge in [0.25, 0.3) is 5.91 Å². The number of nitrogens with one attached hydrogen (secondary N) is 2. The summed E-state index contributed by atoms with van der Waals surface area (Å²) in [7, 11) is 1.31. The summed E-state index contributed by atoms with van der Waals surface area (Å²) in [4.78, 5) is 37.1. The molecule has 1 amide bonds. The van der Waals surface area contributed by atoms with Crippen molar-refractivity contribution in [3.8, 4) is 0 Å². The largest absolute Gasteiger partial charge is 0.465 e. The number of aromatic amines is 1. The minimum absolute atomic E-state index is 0.259. The van der Waals surface area contributed by atoms with Gasteiger partial charge in [0.1, 0.15) is 0 Å². The summed E-state index contributed by atoms with van der Waals surface area (Å²) in [5, 5.41) is 2.69. The Balaban J connectivity index is 2.22. The lowest BCUT2D eigenvalue weighted by Crippen LogP contribution is -2.16. The maximum absolute atomic E-state index is 12.0. The summed E-state index contributed by atoms with van der Waals surface area (Å²) >= 11 is 0. The third-order valence-electron chi connectivity index (χ3n) is 2.93. The molecule has 0 atom stereocenters. The van der Waals surface area contributed by atoms with Gasteiger partial charge in [0.05, 0.1) is 12.7 Å². The Hall–Kier alpha value is -2.89. The average Bonchev–Trinajstić information content (AvgIpc) is 2.48. The van der Waals surface area contributed by atoms with Crippen molar-refractivity contribution >= 4 is 17.6 Å². The number of anilines is 1. The van der Waals surface area contributed by atoms with E-state index < -0.39 is 11.9 Å². The molecule has 2 rings (SSSR count). The molecule has 0 saturated carbocycles. The maximum Gasteiger partial charge on any atom is 0.337 e. The molecule has 0 unspecified atom stereocenters. The van der Waals surface area contributed by atoms with E-state index in [1.54, 1.807) is 25.1 Å². The number of aryl methyl sites for hydroxylation is 1. The molecule has 0 saturated heterocycles. The summed E-state index contributed by atoms with van der Waals surface area (Å²) in [6.07, 6.45) is 1.41. The molecular weight excluding hydrogens is 272 g/mol. The predicted molar refractivity (Wildman–Crippen MR) is 77.5 cm³/mol. The molecular formula is C15H14N2O4. The number of benzene rings is 1. The number of carbonyl (C=O) groups excluding carboxylic acids is 2. The number of carbonyl (C=O) groups is 2. The highest BCUT2D eigenvalue weighted by Crippen LogP contribution is 2.18. The van der Waals surface area contributed by atoms with E-state index in [0.717, 1.165) is 5.56 Å². The molecule has 0 aliphatic heterocycles. The van der Waals surface area contributed by atoms with Gasteiger partial charge in [0.2, 0.25) is 5.56 Å². The first kappa shape index (κ1) is 14.5. The van der Waals surface area contributed by atoms with Crippen molar-refractivity contribution in [1.29, 1.82) is 0 Å². The molecule has 0 aliphatic rings. The molecule has 0 spiro atoms. The van der Waals surface area contributed by atoms with Gasteiger partial charge in [-0.1, -0.05) is 0 Å². The number of aromatic nitrogens is 1. The Morgan fingerprint density at radius 1 is 1.14 bits per heavy atom. The zero-order chi connectivity index (χ0) is 15.4. The first-order chi connectivity index (χ1) is 10.0. The maximum atomic E-state index is 12.0. The van der Waals surface area contributed by atoms with E-state index in [9.17, 15) is 14.4 Å². The number of pyridine rings is 1. The average molecular weight is 286 g/mol. The summed E-state index contributed by atoms with van der Waals surface area (Å²) in [5.41, 5.74) is 1.60. The first-order valence-electron chi connectivity index (χ1n) is 6.20. The van der Waals surface area contributed by atoms with E-state index in [4.69, 9.17) is 0 Å². The van der Waals surface area contributed by atoms with Crippen molar-refractivity contribution in [2.45, 2.75) is 6.92 Å².